The minimum Gasteiger partial charge on any atom is -0.313 e. The van der Waals surface area contributed by atoms with E-state index in [1.165, 1.54) is 18.4 Å². The Morgan fingerprint density at radius 1 is 1.33 bits per heavy atom. The van der Waals surface area contributed by atoms with Crippen molar-refractivity contribution < 1.29 is 0 Å². The van der Waals surface area contributed by atoms with E-state index in [0.29, 0.717) is 5.92 Å². The van der Waals surface area contributed by atoms with Gasteiger partial charge in [0.25, 0.3) is 0 Å². The third kappa shape index (κ3) is 3.49. The van der Waals surface area contributed by atoms with Crippen LogP contribution in [0.1, 0.15) is 39.2 Å². The van der Waals surface area contributed by atoms with E-state index in [9.17, 15) is 0 Å². The lowest BCUT2D eigenvalue weighted by atomic mass is 9.74. The van der Waals surface area contributed by atoms with Gasteiger partial charge in [-0.25, -0.2) is 0 Å². The molecule has 0 bridgehead atoms. The van der Waals surface area contributed by atoms with Crippen molar-refractivity contribution in [2.24, 2.45) is 11.3 Å². The van der Waals surface area contributed by atoms with E-state index in [-0.39, 0.29) is 5.41 Å². The fourth-order valence-electron chi connectivity index (χ4n) is 2.21. The topological polar surface area (TPSA) is 12.0 Å². The fourth-order valence-corrected chi connectivity index (χ4v) is 2.42. The zero-order valence-electron chi connectivity index (χ0n) is 11.7. The summed E-state index contributed by atoms with van der Waals surface area (Å²) in [5, 5.41) is 4.57. The predicted octanol–water partition coefficient (Wildman–Crippen LogP) is 4.30. The number of hydrogen-bond acceptors (Lipinski definition) is 1. The first-order valence-corrected chi connectivity index (χ1v) is 7.36. The molecule has 0 amide bonds. The minimum absolute atomic E-state index is 0.271. The highest BCUT2D eigenvalue weighted by molar-refractivity contribution is 6.31. The molecule has 1 nitrogen and oxygen atoms in total. The molecule has 0 spiro atoms. The number of rotatable bonds is 6. The maximum Gasteiger partial charge on any atom is 0.0438 e. The quantitative estimate of drug-likeness (QED) is 0.809. The molecule has 0 saturated heterocycles. The van der Waals surface area contributed by atoms with E-state index in [2.05, 4.69) is 38.2 Å². The monoisotopic (exact) mass is 265 g/mol. The Morgan fingerprint density at radius 3 is 2.56 bits per heavy atom. The van der Waals surface area contributed by atoms with Crippen LogP contribution < -0.4 is 5.32 Å². The molecule has 1 aromatic rings. The summed E-state index contributed by atoms with van der Waals surface area (Å²) in [6.45, 7) is 8.08. The van der Waals surface area contributed by atoms with Crippen LogP contribution in [0.3, 0.4) is 0 Å². The second kappa shape index (κ2) is 5.63. The molecule has 1 aromatic carbocycles. The molecule has 2 rings (SSSR count). The minimum atomic E-state index is 0.271. The van der Waals surface area contributed by atoms with Crippen LogP contribution in [0.2, 0.25) is 5.02 Å². The lowest BCUT2D eigenvalue weighted by molar-refractivity contribution is 0.206. The van der Waals surface area contributed by atoms with Gasteiger partial charge >= 0.3 is 0 Å². The molecule has 1 fully saturated rings. The molecule has 1 aliphatic rings. The number of benzene rings is 1. The van der Waals surface area contributed by atoms with E-state index in [1.54, 1.807) is 0 Å². The van der Waals surface area contributed by atoms with Gasteiger partial charge in [-0.1, -0.05) is 50.6 Å². The van der Waals surface area contributed by atoms with Gasteiger partial charge in [0.05, 0.1) is 0 Å². The highest BCUT2D eigenvalue weighted by Gasteiger charge is 2.31. The first kappa shape index (κ1) is 13.9. The van der Waals surface area contributed by atoms with Crippen molar-refractivity contribution in [1.82, 2.24) is 5.32 Å². The molecule has 18 heavy (non-hydrogen) atoms. The van der Waals surface area contributed by atoms with Gasteiger partial charge in [-0.3, -0.25) is 0 Å². The molecule has 100 valence electrons. The van der Waals surface area contributed by atoms with Crippen molar-refractivity contribution >= 4 is 11.6 Å². The lowest BCUT2D eigenvalue weighted by Crippen LogP contribution is -2.38. The molecule has 1 N–H and O–H groups in total. The van der Waals surface area contributed by atoms with E-state index >= 15 is 0 Å². The summed E-state index contributed by atoms with van der Waals surface area (Å²) in [5.74, 6) is 0.639. The average Bonchev–Trinajstić information content (AvgIpc) is 3.13. The van der Waals surface area contributed by atoms with Crippen LogP contribution in [0.25, 0.3) is 0 Å². The molecule has 1 atom stereocenters. The van der Waals surface area contributed by atoms with Crippen molar-refractivity contribution in [2.45, 2.75) is 46.1 Å². The second-order valence-corrected chi connectivity index (χ2v) is 6.64. The molecule has 0 radical (unpaired) electrons. The number of nitrogens with one attached hydrogen (secondary N) is 1. The van der Waals surface area contributed by atoms with Crippen molar-refractivity contribution in [3.05, 3.63) is 34.9 Å². The number of hydrogen-bond donors (Lipinski definition) is 1. The molecular formula is C16H24ClN. The van der Waals surface area contributed by atoms with Gasteiger partial charge in [0.2, 0.25) is 0 Å². The van der Waals surface area contributed by atoms with E-state index in [0.717, 1.165) is 24.0 Å². The Bertz CT molecular complexity index is 398. The van der Waals surface area contributed by atoms with Crippen LogP contribution in [0.4, 0.5) is 0 Å². The van der Waals surface area contributed by atoms with Gasteiger partial charge < -0.3 is 5.32 Å². The van der Waals surface area contributed by atoms with Gasteiger partial charge in [-0.15, -0.1) is 0 Å². The summed E-state index contributed by atoms with van der Waals surface area (Å²) in [6, 6.07) is 9.00. The maximum atomic E-state index is 6.29. The third-order valence-electron chi connectivity index (χ3n) is 4.32. The Balaban J connectivity index is 2.06. The van der Waals surface area contributed by atoms with Gasteiger partial charge in [-0.05, 0) is 42.2 Å². The Labute approximate surface area is 116 Å². The summed E-state index contributed by atoms with van der Waals surface area (Å²) < 4.78 is 0. The van der Waals surface area contributed by atoms with Crippen LogP contribution >= 0.6 is 11.6 Å². The molecule has 1 unspecified atom stereocenters. The zero-order valence-corrected chi connectivity index (χ0v) is 12.4. The fraction of sp³-hybridized carbons (Fsp3) is 0.625. The summed E-state index contributed by atoms with van der Waals surface area (Å²) in [5.41, 5.74) is 1.54. The number of halogens is 1. The highest BCUT2D eigenvalue weighted by Crippen LogP contribution is 2.34. The van der Waals surface area contributed by atoms with Gasteiger partial charge in [0.15, 0.2) is 0 Å². The summed E-state index contributed by atoms with van der Waals surface area (Å²) >= 11 is 6.29. The molecule has 1 aliphatic carbocycles. The zero-order chi connectivity index (χ0) is 13.2. The van der Waals surface area contributed by atoms with Gasteiger partial charge in [0, 0.05) is 17.6 Å². The maximum absolute atomic E-state index is 6.29. The highest BCUT2D eigenvalue weighted by atomic mass is 35.5. The van der Waals surface area contributed by atoms with Crippen molar-refractivity contribution in [3.8, 4) is 0 Å². The van der Waals surface area contributed by atoms with Crippen LogP contribution in [-0.4, -0.2) is 12.6 Å². The standard InChI is InChI=1S/C16H24ClN/c1-12(2)16(3,11-18-14-8-9-14)10-13-6-4-5-7-15(13)17/h4-7,12,14,18H,8-11H2,1-3H3. The van der Waals surface area contributed by atoms with Crippen LogP contribution in [-0.2, 0) is 6.42 Å². The average molecular weight is 266 g/mol. The van der Waals surface area contributed by atoms with Gasteiger partial charge in [0.1, 0.15) is 0 Å². The SMILES string of the molecule is CC(C)C(C)(CNC1CC1)Cc1ccccc1Cl. The second-order valence-electron chi connectivity index (χ2n) is 6.23. The summed E-state index contributed by atoms with van der Waals surface area (Å²) in [7, 11) is 0. The smallest absolute Gasteiger partial charge is 0.0438 e. The molecule has 2 heteroatoms. The summed E-state index contributed by atoms with van der Waals surface area (Å²) in [6.07, 6.45) is 3.74. The molecular weight excluding hydrogens is 242 g/mol. The largest absolute Gasteiger partial charge is 0.313 e. The molecule has 0 aromatic heterocycles. The lowest BCUT2D eigenvalue weighted by Gasteiger charge is -2.35. The molecule has 0 heterocycles. The van der Waals surface area contributed by atoms with Crippen LogP contribution in [0.5, 0.6) is 0 Å². The van der Waals surface area contributed by atoms with Gasteiger partial charge in [-0.2, -0.15) is 0 Å². The Kier molecular flexibility index (Phi) is 4.34. The van der Waals surface area contributed by atoms with E-state index in [1.807, 2.05) is 12.1 Å². The molecule has 1 saturated carbocycles. The Morgan fingerprint density at radius 2 is 2.00 bits per heavy atom. The van der Waals surface area contributed by atoms with Crippen LogP contribution in [0.15, 0.2) is 24.3 Å². The summed E-state index contributed by atoms with van der Waals surface area (Å²) in [4.78, 5) is 0. The van der Waals surface area contributed by atoms with Crippen molar-refractivity contribution in [3.63, 3.8) is 0 Å². The normalized spacial score (nSPS) is 18.9. The third-order valence-corrected chi connectivity index (χ3v) is 4.69. The Hall–Kier alpha value is -0.530. The van der Waals surface area contributed by atoms with E-state index < -0.39 is 0 Å². The van der Waals surface area contributed by atoms with E-state index in [4.69, 9.17) is 11.6 Å². The first-order valence-electron chi connectivity index (χ1n) is 6.98. The van der Waals surface area contributed by atoms with Crippen molar-refractivity contribution in [2.75, 3.05) is 6.54 Å². The predicted molar refractivity (Wildman–Crippen MR) is 79.1 cm³/mol. The molecule has 0 aliphatic heterocycles. The van der Waals surface area contributed by atoms with Crippen molar-refractivity contribution in [1.29, 1.82) is 0 Å². The van der Waals surface area contributed by atoms with Crippen LogP contribution in [0, 0.1) is 11.3 Å². The first-order chi connectivity index (χ1) is 8.51.